The zero-order valence-corrected chi connectivity index (χ0v) is 7.62. The van der Waals surface area contributed by atoms with Gasteiger partial charge < -0.3 is 14.6 Å². The van der Waals surface area contributed by atoms with Gasteiger partial charge in [-0.05, 0) is 19.9 Å². The van der Waals surface area contributed by atoms with Crippen LogP contribution in [0.15, 0.2) is 4.52 Å². The average Bonchev–Trinajstić information content (AvgIpc) is 2.70. The first-order chi connectivity index (χ1) is 6.40. The van der Waals surface area contributed by atoms with Crippen molar-refractivity contribution in [3.63, 3.8) is 0 Å². The number of aromatic nitrogens is 2. The van der Waals surface area contributed by atoms with E-state index < -0.39 is 0 Å². The first kappa shape index (κ1) is 8.65. The van der Waals surface area contributed by atoms with Crippen LogP contribution in [0, 0.1) is 0 Å². The summed E-state index contributed by atoms with van der Waals surface area (Å²) in [5.74, 6) is 1.30. The second-order valence-corrected chi connectivity index (χ2v) is 3.08. The molecule has 0 aromatic carbocycles. The Morgan fingerprint density at radius 2 is 2.54 bits per heavy atom. The fourth-order valence-corrected chi connectivity index (χ4v) is 1.40. The van der Waals surface area contributed by atoms with Crippen LogP contribution in [0.1, 0.15) is 30.7 Å². The van der Waals surface area contributed by atoms with Gasteiger partial charge in [-0.2, -0.15) is 4.98 Å². The molecule has 2 rings (SSSR count). The first-order valence-corrected chi connectivity index (χ1v) is 4.49. The van der Waals surface area contributed by atoms with Crippen LogP contribution in [0.3, 0.4) is 0 Å². The molecule has 72 valence electrons. The van der Waals surface area contributed by atoms with Crippen LogP contribution >= 0.6 is 0 Å². The standard InChI is InChI=1S/C8H13N3O2/c1-9-5-7-10-8(13-11-7)6-3-2-4-12-6/h6,9H,2-5H2,1H3. The fourth-order valence-electron chi connectivity index (χ4n) is 1.40. The van der Waals surface area contributed by atoms with Crippen LogP contribution in [0.2, 0.25) is 0 Å². The molecule has 0 amide bonds. The highest BCUT2D eigenvalue weighted by molar-refractivity contribution is 4.91. The van der Waals surface area contributed by atoms with Crippen molar-refractivity contribution in [2.24, 2.45) is 0 Å². The quantitative estimate of drug-likeness (QED) is 0.745. The largest absolute Gasteiger partial charge is 0.368 e. The van der Waals surface area contributed by atoms with Crippen molar-refractivity contribution < 1.29 is 9.26 Å². The van der Waals surface area contributed by atoms with Crippen molar-refractivity contribution in [1.82, 2.24) is 15.5 Å². The molecular formula is C8H13N3O2. The summed E-state index contributed by atoms with van der Waals surface area (Å²) in [5.41, 5.74) is 0. The molecule has 5 nitrogen and oxygen atoms in total. The normalized spacial score (nSPS) is 22.4. The van der Waals surface area contributed by atoms with Gasteiger partial charge in [0.05, 0.1) is 6.54 Å². The van der Waals surface area contributed by atoms with Crippen LogP contribution in [-0.4, -0.2) is 23.8 Å². The van der Waals surface area contributed by atoms with E-state index in [1.807, 2.05) is 7.05 Å². The summed E-state index contributed by atoms with van der Waals surface area (Å²) >= 11 is 0. The van der Waals surface area contributed by atoms with Crippen LogP contribution < -0.4 is 5.32 Å². The number of hydrogen-bond donors (Lipinski definition) is 1. The second kappa shape index (κ2) is 3.85. The Hall–Kier alpha value is -0.940. The minimum Gasteiger partial charge on any atom is -0.368 e. The molecule has 0 saturated carbocycles. The highest BCUT2D eigenvalue weighted by atomic mass is 16.5. The van der Waals surface area contributed by atoms with E-state index in [0.717, 1.165) is 19.4 Å². The molecule has 2 heterocycles. The van der Waals surface area contributed by atoms with E-state index in [2.05, 4.69) is 15.5 Å². The van der Waals surface area contributed by atoms with E-state index in [9.17, 15) is 0 Å². The van der Waals surface area contributed by atoms with Crippen molar-refractivity contribution in [2.75, 3.05) is 13.7 Å². The second-order valence-electron chi connectivity index (χ2n) is 3.08. The van der Waals surface area contributed by atoms with Gasteiger partial charge in [-0.3, -0.25) is 0 Å². The molecule has 1 saturated heterocycles. The van der Waals surface area contributed by atoms with Crippen molar-refractivity contribution in [3.8, 4) is 0 Å². The monoisotopic (exact) mass is 183 g/mol. The Morgan fingerprint density at radius 3 is 3.23 bits per heavy atom. The number of hydrogen-bond acceptors (Lipinski definition) is 5. The molecule has 1 aromatic rings. The van der Waals surface area contributed by atoms with E-state index in [-0.39, 0.29) is 6.10 Å². The molecule has 1 aliphatic rings. The lowest BCUT2D eigenvalue weighted by Crippen LogP contribution is -2.06. The topological polar surface area (TPSA) is 60.2 Å². The molecular weight excluding hydrogens is 170 g/mol. The van der Waals surface area contributed by atoms with E-state index >= 15 is 0 Å². The highest BCUT2D eigenvalue weighted by Gasteiger charge is 2.23. The fraction of sp³-hybridized carbons (Fsp3) is 0.750. The molecule has 0 aliphatic carbocycles. The molecule has 13 heavy (non-hydrogen) atoms. The van der Waals surface area contributed by atoms with Gasteiger partial charge in [-0.25, -0.2) is 0 Å². The number of rotatable bonds is 3. The van der Waals surface area contributed by atoms with Crippen molar-refractivity contribution in [3.05, 3.63) is 11.7 Å². The summed E-state index contributed by atoms with van der Waals surface area (Å²) < 4.78 is 10.5. The smallest absolute Gasteiger partial charge is 0.255 e. The predicted molar refractivity (Wildman–Crippen MR) is 45.0 cm³/mol. The summed E-state index contributed by atoms with van der Waals surface area (Å²) in [4.78, 5) is 4.22. The molecule has 0 spiro atoms. The zero-order valence-electron chi connectivity index (χ0n) is 7.62. The molecule has 0 bridgehead atoms. The summed E-state index contributed by atoms with van der Waals surface area (Å²) in [6, 6.07) is 0. The van der Waals surface area contributed by atoms with Crippen molar-refractivity contribution in [2.45, 2.75) is 25.5 Å². The number of nitrogens with zero attached hydrogens (tertiary/aromatic N) is 2. The van der Waals surface area contributed by atoms with Gasteiger partial charge in [0.1, 0.15) is 6.10 Å². The maximum absolute atomic E-state index is 5.41. The molecule has 1 unspecified atom stereocenters. The SMILES string of the molecule is CNCc1noc(C2CCCO2)n1. The summed E-state index contributed by atoms with van der Waals surface area (Å²) in [6.07, 6.45) is 2.09. The molecule has 1 atom stereocenters. The molecule has 1 aliphatic heterocycles. The van der Waals surface area contributed by atoms with Gasteiger partial charge in [0.15, 0.2) is 5.82 Å². The maximum atomic E-state index is 5.41. The van der Waals surface area contributed by atoms with Gasteiger partial charge in [-0.1, -0.05) is 5.16 Å². The number of ether oxygens (including phenoxy) is 1. The minimum absolute atomic E-state index is 0.0260. The van der Waals surface area contributed by atoms with Crippen molar-refractivity contribution >= 4 is 0 Å². The third kappa shape index (κ3) is 1.87. The summed E-state index contributed by atoms with van der Waals surface area (Å²) in [6.45, 7) is 1.44. The van der Waals surface area contributed by atoms with Crippen LogP contribution in [0.25, 0.3) is 0 Å². The first-order valence-electron chi connectivity index (χ1n) is 4.49. The van der Waals surface area contributed by atoms with Gasteiger partial charge in [-0.15, -0.1) is 0 Å². The summed E-state index contributed by atoms with van der Waals surface area (Å²) in [5, 5.41) is 6.78. The minimum atomic E-state index is 0.0260. The Kier molecular flexibility index (Phi) is 2.56. The zero-order chi connectivity index (χ0) is 9.10. The predicted octanol–water partition coefficient (Wildman–Crippen LogP) is 0.640. The van der Waals surface area contributed by atoms with Crippen LogP contribution in [0.5, 0.6) is 0 Å². The lowest BCUT2D eigenvalue weighted by molar-refractivity contribution is 0.0835. The number of nitrogens with one attached hydrogen (secondary N) is 1. The lowest BCUT2D eigenvalue weighted by atomic mass is 10.2. The molecule has 5 heteroatoms. The molecule has 1 N–H and O–H groups in total. The van der Waals surface area contributed by atoms with Gasteiger partial charge in [0.25, 0.3) is 5.89 Å². The van der Waals surface area contributed by atoms with E-state index in [1.165, 1.54) is 0 Å². The average molecular weight is 183 g/mol. The molecule has 0 radical (unpaired) electrons. The van der Waals surface area contributed by atoms with Gasteiger partial charge >= 0.3 is 0 Å². The van der Waals surface area contributed by atoms with E-state index in [1.54, 1.807) is 0 Å². The maximum Gasteiger partial charge on any atom is 0.255 e. The Labute approximate surface area is 76.5 Å². The Bertz CT molecular complexity index is 268. The third-order valence-corrected chi connectivity index (χ3v) is 2.02. The Morgan fingerprint density at radius 1 is 1.62 bits per heavy atom. The lowest BCUT2D eigenvalue weighted by Gasteiger charge is -2.00. The van der Waals surface area contributed by atoms with E-state index in [4.69, 9.17) is 9.26 Å². The van der Waals surface area contributed by atoms with Crippen molar-refractivity contribution in [1.29, 1.82) is 0 Å². The van der Waals surface area contributed by atoms with E-state index in [0.29, 0.717) is 18.3 Å². The van der Waals surface area contributed by atoms with Gasteiger partial charge in [0, 0.05) is 6.61 Å². The Balaban J connectivity index is 2.03. The van der Waals surface area contributed by atoms with Crippen LogP contribution in [-0.2, 0) is 11.3 Å². The summed E-state index contributed by atoms with van der Waals surface area (Å²) in [7, 11) is 1.85. The van der Waals surface area contributed by atoms with Crippen LogP contribution in [0.4, 0.5) is 0 Å². The molecule has 1 fully saturated rings. The molecule has 1 aromatic heterocycles. The van der Waals surface area contributed by atoms with Gasteiger partial charge in [0.2, 0.25) is 0 Å². The third-order valence-electron chi connectivity index (χ3n) is 2.02. The highest BCUT2D eigenvalue weighted by Crippen LogP contribution is 2.26.